The predicted octanol–water partition coefficient (Wildman–Crippen LogP) is -0.891. The molecule has 0 saturated carbocycles. The van der Waals surface area contributed by atoms with Crippen LogP contribution in [0.5, 0.6) is 0 Å². The Morgan fingerprint density at radius 3 is 1.62 bits per heavy atom. The average Bonchev–Trinajstić information content (AvgIpc) is 3.19. The van der Waals surface area contributed by atoms with Gasteiger partial charge in [0, 0.05) is 13.1 Å². The fourth-order valence-corrected chi connectivity index (χ4v) is 1.71. The maximum absolute atomic E-state index is 11.7. The fourth-order valence-electron chi connectivity index (χ4n) is 1.71. The summed E-state index contributed by atoms with van der Waals surface area (Å²) in [6.45, 7) is -0.153. The number of carbonyl (C=O) groups is 2. The van der Waals surface area contributed by atoms with Crippen LogP contribution in [0, 0.1) is 20.2 Å². The molecular formula is C10H10N8O6. The third kappa shape index (κ3) is 3.49. The maximum Gasteiger partial charge on any atom is 0.353 e. The number of carbonyl (C=O) groups excluding carboxylic acids is 2. The molecule has 0 saturated heterocycles. The molecule has 2 heterocycles. The maximum atomic E-state index is 11.7. The minimum Gasteiger partial charge on any atom is -0.358 e. The molecule has 0 fully saturated rings. The zero-order valence-corrected chi connectivity index (χ0v) is 11.8. The van der Waals surface area contributed by atoms with Crippen molar-refractivity contribution in [2.24, 2.45) is 0 Å². The number of nitrogens with one attached hydrogen (secondary N) is 4. The van der Waals surface area contributed by atoms with Crippen molar-refractivity contribution in [3.63, 3.8) is 0 Å². The highest BCUT2D eigenvalue weighted by Gasteiger charge is 2.23. The van der Waals surface area contributed by atoms with Crippen LogP contribution in [0.25, 0.3) is 0 Å². The second-order valence-corrected chi connectivity index (χ2v) is 4.23. The SMILES string of the molecule is O=C(NCCNC(=O)c1nc[nH]c1[N+](=O)[O-])c1nc[nH]c1[N+](=O)[O-]. The first kappa shape index (κ1) is 16.5. The molecule has 0 spiro atoms. The first-order valence-corrected chi connectivity index (χ1v) is 6.33. The summed E-state index contributed by atoms with van der Waals surface area (Å²) >= 11 is 0. The first-order valence-electron chi connectivity index (χ1n) is 6.33. The minimum absolute atomic E-state index is 0.0766. The summed E-state index contributed by atoms with van der Waals surface area (Å²) < 4.78 is 0. The molecule has 0 aliphatic carbocycles. The number of nitro groups is 2. The van der Waals surface area contributed by atoms with Gasteiger partial charge < -0.3 is 30.9 Å². The van der Waals surface area contributed by atoms with Crippen molar-refractivity contribution in [3.8, 4) is 0 Å². The predicted molar refractivity (Wildman–Crippen MR) is 75.2 cm³/mol. The summed E-state index contributed by atoms with van der Waals surface area (Å²) in [6, 6.07) is 0. The molecule has 0 aliphatic heterocycles. The summed E-state index contributed by atoms with van der Waals surface area (Å²) in [4.78, 5) is 54.7. The normalized spacial score (nSPS) is 10.2. The largest absolute Gasteiger partial charge is 0.358 e. The number of amides is 2. The van der Waals surface area contributed by atoms with E-state index in [0.29, 0.717) is 0 Å². The standard InChI is InChI=1S/C10H10N8O6/c19-9(5-7(17(21)22)15-3-13-5)11-1-2-12-10(20)6-8(18(23)24)16-4-14-6/h3-4H,1-2H2,(H,11,19)(H,12,20)(H,13,15)(H,14,16). The van der Waals surface area contributed by atoms with Gasteiger partial charge in [-0.15, -0.1) is 0 Å². The molecular weight excluding hydrogens is 328 g/mol. The van der Waals surface area contributed by atoms with E-state index >= 15 is 0 Å². The Kier molecular flexibility index (Phi) is 4.78. The third-order valence-electron chi connectivity index (χ3n) is 2.73. The van der Waals surface area contributed by atoms with E-state index in [-0.39, 0.29) is 13.1 Å². The molecule has 24 heavy (non-hydrogen) atoms. The second-order valence-electron chi connectivity index (χ2n) is 4.23. The average molecular weight is 338 g/mol. The van der Waals surface area contributed by atoms with Crippen molar-refractivity contribution < 1.29 is 19.4 Å². The number of imidazole rings is 2. The Morgan fingerprint density at radius 1 is 0.917 bits per heavy atom. The van der Waals surface area contributed by atoms with E-state index in [1.54, 1.807) is 0 Å². The number of hydrogen-bond donors (Lipinski definition) is 4. The molecule has 2 aromatic heterocycles. The summed E-state index contributed by atoms with van der Waals surface area (Å²) in [7, 11) is 0. The molecule has 4 N–H and O–H groups in total. The number of aromatic nitrogens is 4. The Bertz CT molecular complexity index is 729. The molecule has 0 aliphatic rings. The molecule has 14 nitrogen and oxygen atoms in total. The minimum atomic E-state index is -0.803. The molecule has 0 unspecified atom stereocenters. The van der Waals surface area contributed by atoms with E-state index < -0.39 is 44.7 Å². The lowest BCUT2D eigenvalue weighted by Crippen LogP contribution is -2.35. The third-order valence-corrected chi connectivity index (χ3v) is 2.73. The van der Waals surface area contributed by atoms with Gasteiger partial charge in [0.25, 0.3) is 11.8 Å². The summed E-state index contributed by atoms with van der Waals surface area (Å²) in [5, 5.41) is 25.9. The van der Waals surface area contributed by atoms with Gasteiger partial charge in [-0.3, -0.25) is 9.59 Å². The monoisotopic (exact) mass is 338 g/mol. The molecule has 0 bridgehead atoms. The quantitative estimate of drug-likeness (QED) is 0.282. The van der Waals surface area contributed by atoms with E-state index in [9.17, 15) is 29.8 Å². The van der Waals surface area contributed by atoms with Crippen LogP contribution in [-0.2, 0) is 0 Å². The van der Waals surface area contributed by atoms with Crippen LogP contribution in [-0.4, -0.2) is 54.7 Å². The van der Waals surface area contributed by atoms with Gasteiger partial charge in [0.2, 0.25) is 11.4 Å². The highest BCUT2D eigenvalue weighted by Crippen LogP contribution is 2.12. The van der Waals surface area contributed by atoms with E-state index in [1.807, 2.05) is 0 Å². The van der Waals surface area contributed by atoms with E-state index in [2.05, 4.69) is 30.6 Å². The highest BCUT2D eigenvalue weighted by molar-refractivity contribution is 5.96. The van der Waals surface area contributed by atoms with Crippen molar-refractivity contribution in [3.05, 3.63) is 44.3 Å². The van der Waals surface area contributed by atoms with Gasteiger partial charge in [0.05, 0.1) is 0 Å². The molecule has 14 heteroatoms. The molecule has 2 amide bonds. The Morgan fingerprint density at radius 2 is 1.29 bits per heavy atom. The lowest BCUT2D eigenvalue weighted by Gasteiger charge is -2.05. The second kappa shape index (κ2) is 6.95. The number of aromatic amines is 2. The molecule has 2 rings (SSSR count). The lowest BCUT2D eigenvalue weighted by atomic mass is 10.4. The molecule has 2 aromatic rings. The van der Waals surface area contributed by atoms with Gasteiger partial charge in [0.15, 0.2) is 12.7 Å². The number of hydrogen-bond acceptors (Lipinski definition) is 8. The van der Waals surface area contributed by atoms with Crippen molar-refractivity contribution in [1.29, 1.82) is 0 Å². The van der Waals surface area contributed by atoms with Crippen LogP contribution in [0.15, 0.2) is 12.7 Å². The van der Waals surface area contributed by atoms with Gasteiger partial charge in [-0.2, -0.15) is 0 Å². The molecule has 0 atom stereocenters. The van der Waals surface area contributed by atoms with Gasteiger partial charge in [-0.1, -0.05) is 0 Å². The Hall–Kier alpha value is -3.84. The topological polar surface area (TPSA) is 202 Å². The van der Waals surface area contributed by atoms with Gasteiger partial charge in [-0.05, 0) is 9.85 Å². The Labute approximate surface area is 132 Å². The van der Waals surface area contributed by atoms with E-state index in [0.717, 1.165) is 12.7 Å². The van der Waals surface area contributed by atoms with Crippen LogP contribution >= 0.6 is 0 Å². The fraction of sp³-hybridized carbons (Fsp3) is 0.200. The zero-order chi connectivity index (χ0) is 17.7. The van der Waals surface area contributed by atoms with Crippen LogP contribution in [0.4, 0.5) is 11.6 Å². The van der Waals surface area contributed by atoms with E-state index in [1.165, 1.54) is 0 Å². The molecule has 0 aromatic carbocycles. The van der Waals surface area contributed by atoms with Gasteiger partial charge >= 0.3 is 11.6 Å². The van der Waals surface area contributed by atoms with Gasteiger partial charge in [-0.25, -0.2) is 19.9 Å². The zero-order valence-electron chi connectivity index (χ0n) is 11.8. The first-order chi connectivity index (χ1) is 11.4. The lowest BCUT2D eigenvalue weighted by molar-refractivity contribution is -0.389. The summed E-state index contributed by atoms with van der Waals surface area (Å²) in [5.74, 6) is -2.71. The van der Waals surface area contributed by atoms with E-state index in [4.69, 9.17) is 0 Å². The van der Waals surface area contributed by atoms with Crippen molar-refractivity contribution in [2.75, 3.05) is 13.1 Å². The van der Waals surface area contributed by atoms with Crippen LogP contribution < -0.4 is 10.6 Å². The number of H-pyrrole nitrogens is 2. The smallest absolute Gasteiger partial charge is 0.353 e. The highest BCUT2D eigenvalue weighted by atomic mass is 16.6. The van der Waals surface area contributed by atoms with Crippen molar-refractivity contribution in [1.82, 2.24) is 30.6 Å². The molecule has 126 valence electrons. The number of rotatable bonds is 7. The van der Waals surface area contributed by atoms with Crippen LogP contribution in [0.2, 0.25) is 0 Å². The Balaban J connectivity index is 1.84. The van der Waals surface area contributed by atoms with Crippen molar-refractivity contribution in [2.45, 2.75) is 0 Å². The summed E-state index contributed by atoms with van der Waals surface area (Å²) in [5.41, 5.74) is -0.788. The molecule has 0 radical (unpaired) electrons. The van der Waals surface area contributed by atoms with Crippen LogP contribution in [0.3, 0.4) is 0 Å². The summed E-state index contributed by atoms with van der Waals surface area (Å²) in [6.07, 6.45) is 2.01. The number of nitrogens with zero attached hydrogens (tertiary/aromatic N) is 4. The van der Waals surface area contributed by atoms with Gasteiger partial charge in [0.1, 0.15) is 0 Å². The van der Waals surface area contributed by atoms with Crippen LogP contribution in [0.1, 0.15) is 21.0 Å². The van der Waals surface area contributed by atoms with Crippen molar-refractivity contribution >= 4 is 23.5 Å².